The van der Waals surface area contributed by atoms with Crippen molar-refractivity contribution in [3.05, 3.63) is 75.4 Å². The van der Waals surface area contributed by atoms with E-state index < -0.39 is 53.3 Å². The van der Waals surface area contributed by atoms with E-state index in [4.69, 9.17) is 33.2 Å². The molecule has 0 saturated carbocycles. The Labute approximate surface area is 326 Å². The molecule has 4 bridgehead atoms. The van der Waals surface area contributed by atoms with Crippen LogP contribution in [0.3, 0.4) is 0 Å². The lowest BCUT2D eigenvalue weighted by atomic mass is 9.74. The van der Waals surface area contributed by atoms with Crippen molar-refractivity contribution in [2.45, 2.75) is 67.9 Å². The van der Waals surface area contributed by atoms with Crippen molar-refractivity contribution in [3.63, 3.8) is 0 Å². The molecular formula is C40H43N3O12S. The standard InChI is InChI=1S/C40H43N3O12S/c1-6-9-51-39(48)55-33-18(3)34-35(54-16-53-34)27-23-14-52-38(47)40(21-13-25(49-4)24(44)12-19(21)7-8-41-40)15-56-36(28(27)33)30-29-26-20(10-17(2)32(50-5)31(26)45)11-22(42-29)37(46)43(23)30/h6,10,12-13,22-23,29-30,36-37,41-42,44-46H,1,7-9,11,14-16H2,2-5H3/t22-,23-,29+,30?,36+,37-,40+/m0/s1. The number of aliphatic hydroxyl groups excluding tert-OH is 1. The zero-order valence-corrected chi connectivity index (χ0v) is 32.1. The van der Waals surface area contributed by atoms with Crippen LogP contribution in [-0.4, -0.2) is 97.2 Å². The largest absolute Gasteiger partial charge is 0.514 e. The van der Waals surface area contributed by atoms with Gasteiger partial charge in [-0.1, -0.05) is 18.7 Å². The number of phenolic OH excluding ortho intramolecular Hbond substituents is 2. The van der Waals surface area contributed by atoms with Gasteiger partial charge in [-0.2, -0.15) is 0 Å². The van der Waals surface area contributed by atoms with Crippen molar-refractivity contribution in [1.29, 1.82) is 0 Å². The Morgan fingerprint density at radius 2 is 1.88 bits per heavy atom. The van der Waals surface area contributed by atoms with Gasteiger partial charge in [0.05, 0.1) is 37.6 Å². The van der Waals surface area contributed by atoms with E-state index in [2.05, 4.69) is 17.2 Å². The van der Waals surface area contributed by atoms with E-state index in [9.17, 15) is 24.9 Å². The zero-order chi connectivity index (χ0) is 39.2. The van der Waals surface area contributed by atoms with E-state index in [1.54, 1.807) is 19.1 Å². The molecule has 3 aromatic carbocycles. The fourth-order valence-corrected chi connectivity index (χ4v) is 11.4. The van der Waals surface area contributed by atoms with Crippen LogP contribution in [0.15, 0.2) is 30.9 Å². The van der Waals surface area contributed by atoms with Crippen LogP contribution >= 0.6 is 11.8 Å². The fraction of sp³-hybridized carbons (Fsp3) is 0.450. The number of aliphatic hydroxyl groups is 1. The number of thioether (sulfide) groups is 1. The molecule has 1 spiro atoms. The highest BCUT2D eigenvalue weighted by Crippen LogP contribution is 2.63. The van der Waals surface area contributed by atoms with Gasteiger partial charge in [0.25, 0.3) is 0 Å². The second-order valence-corrected chi connectivity index (χ2v) is 16.0. The fourth-order valence-electron chi connectivity index (χ4n) is 9.70. The van der Waals surface area contributed by atoms with Gasteiger partial charge in [-0.15, -0.1) is 11.8 Å². The Hall–Kier alpha value is -4.87. The monoisotopic (exact) mass is 789 g/mol. The molecule has 15 nitrogen and oxygen atoms in total. The van der Waals surface area contributed by atoms with Gasteiger partial charge in [0.1, 0.15) is 25.2 Å². The molecule has 3 aromatic rings. The minimum atomic E-state index is -1.40. The summed E-state index contributed by atoms with van der Waals surface area (Å²) < 4.78 is 41.2. The molecule has 7 heterocycles. The number of fused-ring (bicyclic) bond motifs is 9. The maximum absolute atomic E-state index is 14.7. The summed E-state index contributed by atoms with van der Waals surface area (Å²) in [6.07, 6.45) is 0.337. The minimum absolute atomic E-state index is 0.00278. The predicted molar refractivity (Wildman–Crippen MR) is 201 cm³/mol. The van der Waals surface area contributed by atoms with Crippen LogP contribution in [0.1, 0.15) is 61.8 Å². The quantitative estimate of drug-likeness (QED) is 0.142. The van der Waals surface area contributed by atoms with Gasteiger partial charge in [0.15, 0.2) is 40.0 Å². The third-order valence-electron chi connectivity index (χ3n) is 12.0. The minimum Gasteiger partial charge on any atom is -0.504 e. The number of benzene rings is 3. The number of nitrogens with zero attached hydrogens (tertiary/aromatic N) is 1. The zero-order valence-electron chi connectivity index (χ0n) is 31.3. The summed E-state index contributed by atoms with van der Waals surface area (Å²) in [4.78, 5) is 30.0. The number of hydrogen-bond acceptors (Lipinski definition) is 16. The Balaban J connectivity index is 1.30. The maximum atomic E-state index is 14.7. The second-order valence-electron chi connectivity index (χ2n) is 14.9. The molecule has 1 unspecified atom stereocenters. The van der Waals surface area contributed by atoms with Gasteiger partial charge in [0.2, 0.25) is 6.79 Å². The highest BCUT2D eigenvalue weighted by Gasteiger charge is 2.60. The number of methoxy groups -OCH3 is 2. The first-order valence-corrected chi connectivity index (χ1v) is 19.5. The van der Waals surface area contributed by atoms with Crippen molar-refractivity contribution < 1.29 is 58.1 Å². The summed E-state index contributed by atoms with van der Waals surface area (Å²) in [5.74, 6) is 1.04. The average Bonchev–Trinajstić information content (AvgIpc) is 3.68. The molecule has 0 amide bonds. The predicted octanol–water partition coefficient (Wildman–Crippen LogP) is 3.85. The number of hydrogen-bond donors (Lipinski definition) is 5. The molecule has 0 radical (unpaired) electrons. The van der Waals surface area contributed by atoms with Crippen molar-refractivity contribution >= 4 is 23.9 Å². The van der Waals surface area contributed by atoms with E-state index >= 15 is 0 Å². The summed E-state index contributed by atoms with van der Waals surface area (Å²) in [7, 11) is 2.96. The SMILES string of the molecule is C=CCOC(=O)Oc1c(C)c2c(c3c1[C@H]1SC[C@]4(NCCc5cc(O)c(OC)cc54)C(=O)OC[C@@H]3N3C1[C@@H]1N[C@@H](Cc4cc(C)c(OC)c(O)c41)[C@@H]3O)OCO2. The molecule has 56 heavy (non-hydrogen) atoms. The summed E-state index contributed by atoms with van der Waals surface area (Å²) in [6, 6.07) is 2.75. The molecule has 10 rings (SSSR count). The Bertz CT molecular complexity index is 2180. The number of esters is 1. The summed E-state index contributed by atoms with van der Waals surface area (Å²) in [5.41, 5.74) is 3.89. The highest BCUT2D eigenvalue weighted by molar-refractivity contribution is 7.99. The Morgan fingerprint density at radius 3 is 2.64 bits per heavy atom. The van der Waals surface area contributed by atoms with E-state index in [-0.39, 0.29) is 48.8 Å². The highest BCUT2D eigenvalue weighted by atomic mass is 32.2. The topological polar surface area (TPSA) is 187 Å². The molecule has 2 saturated heterocycles. The number of carbonyl (C=O) groups excluding carboxylic acids is 2. The molecule has 0 aliphatic carbocycles. The molecule has 0 aromatic heterocycles. The van der Waals surface area contributed by atoms with Crippen molar-refractivity contribution in [2.75, 3.05) is 46.5 Å². The lowest BCUT2D eigenvalue weighted by molar-refractivity contribution is -0.164. The van der Waals surface area contributed by atoms with Gasteiger partial charge in [-0.05, 0) is 61.1 Å². The van der Waals surface area contributed by atoms with Crippen molar-refractivity contribution in [2.24, 2.45) is 0 Å². The number of carbonyl (C=O) groups is 2. The number of nitrogens with one attached hydrogen (secondary N) is 2. The lowest BCUT2D eigenvalue weighted by Gasteiger charge is -2.59. The van der Waals surface area contributed by atoms with Crippen LogP contribution in [0, 0.1) is 13.8 Å². The first-order chi connectivity index (χ1) is 27.0. The molecular weight excluding hydrogens is 747 g/mol. The van der Waals surface area contributed by atoms with Crippen LogP contribution in [0.25, 0.3) is 0 Å². The van der Waals surface area contributed by atoms with E-state index in [0.29, 0.717) is 64.5 Å². The third kappa shape index (κ3) is 5.26. The van der Waals surface area contributed by atoms with Gasteiger partial charge in [-0.25, -0.2) is 9.59 Å². The molecule has 2 fully saturated rings. The van der Waals surface area contributed by atoms with Crippen LogP contribution in [0.2, 0.25) is 0 Å². The van der Waals surface area contributed by atoms with E-state index in [0.717, 1.165) is 16.7 Å². The van der Waals surface area contributed by atoms with Gasteiger partial charge < -0.3 is 53.8 Å². The lowest BCUT2D eigenvalue weighted by Crippen LogP contribution is -2.69. The van der Waals surface area contributed by atoms with Crippen LogP contribution in [0.5, 0.6) is 40.2 Å². The first-order valence-electron chi connectivity index (χ1n) is 18.5. The summed E-state index contributed by atoms with van der Waals surface area (Å²) in [6.45, 7) is 7.29. The van der Waals surface area contributed by atoms with Crippen LogP contribution in [0.4, 0.5) is 4.79 Å². The molecule has 7 atom stereocenters. The normalized spacial score (nSPS) is 28.3. The van der Waals surface area contributed by atoms with Crippen LogP contribution < -0.4 is 34.3 Å². The smallest absolute Gasteiger partial charge is 0.504 e. The number of aromatic hydroxyl groups is 2. The molecule has 7 aliphatic heterocycles. The number of phenols is 2. The molecule has 296 valence electrons. The Morgan fingerprint density at radius 1 is 1.07 bits per heavy atom. The summed E-state index contributed by atoms with van der Waals surface area (Å²) >= 11 is 1.41. The van der Waals surface area contributed by atoms with Gasteiger partial charge in [0, 0.05) is 40.6 Å². The van der Waals surface area contributed by atoms with Crippen molar-refractivity contribution in [1.82, 2.24) is 15.5 Å². The molecule has 5 N–H and O–H groups in total. The average molecular weight is 790 g/mol. The van der Waals surface area contributed by atoms with E-state index in [1.807, 2.05) is 17.9 Å². The molecule has 16 heteroatoms. The number of aryl methyl sites for hydroxylation is 1. The molecule has 7 aliphatic rings. The van der Waals surface area contributed by atoms with Gasteiger partial charge in [-0.3, -0.25) is 10.2 Å². The number of ether oxygens (including phenoxy) is 7. The number of rotatable bonds is 5. The Kier molecular flexibility index (Phi) is 8.96. The summed E-state index contributed by atoms with van der Waals surface area (Å²) in [5, 5.41) is 41.6. The maximum Gasteiger partial charge on any atom is 0.514 e. The van der Waals surface area contributed by atoms with E-state index in [1.165, 1.54) is 32.1 Å². The first kappa shape index (κ1) is 36.7. The van der Waals surface area contributed by atoms with Crippen molar-refractivity contribution in [3.8, 4) is 40.2 Å². The van der Waals surface area contributed by atoms with Gasteiger partial charge >= 0.3 is 12.1 Å². The number of piperazine rings is 1. The second kappa shape index (κ2) is 13.7. The third-order valence-corrected chi connectivity index (χ3v) is 13.5. The van der Waals surface area contributed by atoms with Crippen LogP contribution in [-0.2, 0) is 32.6 Å².